The van der Waals surface area contributed by atoms with Gasteiger partial charge in [-0.3, -0.25) is 4.79 Å². The molecule has 0 heterocycles. The summed E-state index contributed by atoms with van der Waals surface area (Å²) in [5.41, 5.74) is -0.485. The molecule has 0 aromatic carbocycles. The Morgan fingerprint density at radius 1 is 1.24 bits per heavy atom. The van der Waals surface area contributed by atoms with Crippen molar-refractivity contribution in [3.05, 3.63) is 0 Å². The van der Waals surface area contributed by atoms with Gasteiger partial charge in [-0.05, 0) is 47.0 Å². The average molecular weight is 298 g/mol. The minimum absolute atomic E-state index is 0.204. The van der Waals surface area contributed by atoms with E-state index in [9.17, 15) is 9.59 Å². The Labute approximate surface area is 128 Å². The number of ether oxygens (including phenoxy) is 1. The van der Waals surface area contributed by atoms with Crippen molar-refractivity contribution < 1.29 is 14.3 Å². The van der Waals surface area contributed by atoms with Crippen molar-refractivity contribution in [3.63, 3.8) is 0 Å². The molecule has 5 nitrogen and oxygen atoms in total. The van der Waals surface area contributed by atoms with Crippen molar-refractivity contribution in [2.45, 2.75) is 77.9 Å². The minimum Gasteiger partial charge on any atom is -0.444 e. The van der Waals surface area contributed by atoms with Gasteiger partial charge in [0.2, 0.25) is 5.91 Å². The maximum Gasteiger partial charge on any atom is 0.407 e. The molecular formula is C16H30N2O3. The zero-order valence-electron chi connectivity index (χ0n) is 13.9. The second-order valence-corrected chi connectivity index (χ2v) is 6.65. The van der Waals surface area contributed by atoms with E-state index < -0.39 is 11.7 Å². The smallest absolute Gasteiger partial charge is 0.407 e. The van der Waals surface area contributed by atoms with Gasteiger partial charge < -0.3 is 15.0 Å². The summed E-state index contributed by atoms with van der Waals surface area (Å²) in [5, 5.41) is 2.69. The van der Waals surface area contributed by atoms with Crippen LogP contribution in [0.15, 0.2) is 0 Å². The number of rotatable bonds is 6. The molecule has 0 bridgehead atoms. The second kappa shape index (κ2) is 8.25. The fourth-order valence-corrected chi connectivity index (χ4v) is 2.74. The molecule has 1 aliphatic rings. The summed E-state index contributed by atoms with van der Waals surface area (Å²) in [6.07, 6.45) is 5.45. The highest BCUT2D eigenvalue weighted by Crippen LogP contribution is 2.23. The molecule has 0 atom stereocenters. The van der Waals surface area contributed by atoms with E-state index in [4.69, 9.17) is 4.74 Å². The first-order valence-electron chi connectivity index (χ1n) is 8.10. The third kappa shape index (κ3) is 6.82. The van der Waals surface area contributed by atoms with Crippen LogP contribution < -0.4 is 5.32 Å². The van der Waals surface area contributed by atoms with E-state index >= 15 is 0 Å². The molecule has 0 spiro atoms. The Bertz CT molecular complexity index is 344. The fraction of sp³-hybridized carbons (Fsp3) is 0.875. The minimum atomic E-state index is -0.485. The van der Waals surface area contributed by atoms with Crippen molar-refractivity contribution in [3.8, 4) is 0 Å². The van der Waals surface area contributed by atoms with E-state index in [1.54, 1.807) is 0 Å². The van der Waals surface area contributed by atoms with Crippen LogP contribution in [-0.2, 0) is 9.53 Å². The molecule has 0 saturated heterocycles. The van der Waals surface area contributed by atoms with Gasteiger partial charge in [0.05, 0.1) is 0 Å². The molecule has 1 N–H and O–H groups in total. The zero-order valence-corrected chi connectivity index (χ0v) is 13.9. The zero-order chi connectivity index (χ0) is 15.9. The normalized spacial score (nSPS) is 15.8. The van der Waals surface area contributed by atoms with Crippen LogP contribution in [0.1, 0.15) is 66.2 Å². The highest BCUT2D eigenvalue weighted by atomic mass is 16.6. The summed E-state index contributed by atoms with van der Waals surface area (Å²) in [6.45, 7) is 8.78. The Kier molecular flexibility index (Phi) is 6.99. The quantitative estimate of drug-likeness (QED) is 0.767. The molecule has 5 heteroatoms. The Hall–Kier alpha value is -1.26. The van der Waals surface area contributed by atoms with Crippen LogP contribution >= 0.6 is 0 Å². The van der Waals surface area contributed by atoms with Crippen molar-refractivity contribution >= 4 is 12.0 Å². The summed E-state index contributed by atoms with van der Waals surface area (Å²) >= 11 is 0. The Balaban J connectivity index is 2.21. The summed E-state index contributed by atoms with van der Waals surface area (Å²) in [4.78, 5) is 25.7. The van der Waals surface area contributed by atoms with E-state index in [1.807, 2.05) is 32.6 Å². The van der Waals surface area contributed by atoms with E-state index in [0.29, 0.717) is 25.4 Å². The summed E-state index contributed by atoms with van der Waals surface area (Å²) in [5.74, 6) is 0.204. The van der Waals surface area contributed by atoms with Gasteiger partial charge in [0, 0.05) is 25.6 Å². The second-order valence-electron chi connectivity index (χ2n) is 6.65. The first-order valence-corrected chi connectivity index (χ1v) is 8.10. The molecule has 0 aromatic rings. The Morgan fingerprint density at radius 2 is 1.86 bits per heavy atom. The van der Waals surface area contributed by atoms with Crippen LogP contribution in [0, 0.1) is 0 Å². The predicted octanol–water partition coefficient (Wildman–Crippen LogP) is 3.08. The van der Waals surface area contributed by atoms with Crippen molar-refractivity contribution in [2.24, 2.45) is 0 Å². The van der Waals surface area contributed by atoms with Gasteiger partial charge in [0.25, 0.3) is 0 Å². The number of carbonyl (C=O) groups is 2. The molecule has 1 saturated carbocycles. The maximum atomic E-state index is 12.2. The van der Waals surface area contributed by atoms with Crippen LogP contribution in [0.3, 0.4) is 0 Å². The third-order valence-corrected chi connectivity index (χ3v) is 3.66. The molecule has 1 fully saturated rings. The molecular weight excluding hydrogens is 268 g/mol. The largest absolute Gasteiger partial charge is 0.444 e. The number of alkyl carbamates (subject to hydrolysis) is 1. The molecule has 21 heavy (non-hydrogen) atoms. The van der Waals surface area contributed by atoms with Gasteiger partial charge in [-0.1, -0.05) is 12.8 Å². The van der Waals surface area contributed by atoms with Crippen LogP contribution in [0.25, 0.3) is 0 Å². The number of hydrogen-bond acceptors (Lipinski definition) is 3. The van der Waals surface area contributed by atoms with Gasteiger partial charge in [-0.2, -0.15) is 0 Å². The molecule has 0 aliphatic heterocycles. The number of nitrogens with one attached hydrogen (secondary N) is 1. The van der Waals surface area contributed by atoms with E-state index in [1.165, 1.54) is 12.8 Å². The van der Waals surface area contributed by atoms with Crippen molar-refractivity contribution in [1.29, 1.82) is 0 Å². The van der Waals surface area contributed by atoms with Crippen molar-refractivity contribution in [2.75, 3.05) is 13.1 Å². The monoisotopic (exact) mass is 298 g/mol. The molecule has 0 radical (unpaired) electrons. The maximum absolute atomic E-state index is 12.2. The number of nitrogens with zero attached hydrogens (tertiary/aromatic N) is 1. The number of hydrogen-bond donors (Lipinski definition) is 1. The standard InChI is InChI=1S/C16H30N2O3/c1-5-18(13-9-6-7-10-13)14(19)11-8-12-17-15(20)21-16(2,3)4/h13H,5-12H2,1-4H3,(H,17,20). The number of amides is 2. The highest BCUT2D eigenvalue weighted by Gasteiger charge is 2.24. The lowest BCUT2D eigenvalue weighted by atomic mass is 10.2. The highest BCUT2D eigenvalue weighted by molar-refractivity contribution is 5.76. The van der Waals surface area contributed by atoms with Gasteiger partial charge in [0.1, 0.15) is 5.60 Å². The summed E-state index contributed by atoms with van der Waals surface area (Å²) in [6, 6.07) is 0.432. The van der Waals surface area contributed by atoms with Crippen LogP contribution in [0.5, 0.6) is 0 Å². The summed E-state index contributed by atoms with van der Waals surface area (Å²) < 4.78 is 5.15. The lowest BCUT2D eigenvalue weighted by Crippen LogP contribution is -2.39. The van der Waals surface area contributed by atoms with Crippen LogP contribution in [0.4, 0.5) is 4.79 Å². The van der Waals surface area contributed by atoms with Gasteiger partial charge >= 0.3 is 6.09 Å². The SMILES string of the molecule is CCN(C(=O)CCCNC(=O)OC(C)(C)C)C1CCCC1. The van der Waals surface area contributed by atoms with E-state index in [0.717, 1.165) is 19.4 Å². The molecule has 1 aliphatic carbocycles. The lowest BCUT2D eigenvalue weighted by Gasteiger charge is -2.27. The third-order valence-electron chi connectivity index (χ3n) is 3.66. The summed E-state index contributed by atoms with van der Waals surface area (Å²) in [7, 11) is 0. The molecule has 2 amide bonds. The van der Waals surface area contributed by atoms with Gasteiger partial charge in [0.15, 0.2) is 0 Å². The van der Waals surface area contributed by atoms with E-state index in [2.05, 4.69) is 5.32 Å². The van der Waals surface area contributed by atoms with E-state index in [-0.39, 0.29) is 5.91 Å². The molecule has 122 valence electrons. The molecule has 0 aromatic heterocycles. The first kappa shape index (κ1) is 17.8. The molecule has 0 unspecified atom stereocenters. The molecule has 1 rings (SSSR count). The lowest BCUT2D eigenvalue weighted by molar-refractivity contribution is -0.133. The van der Waals surface area contributed by atoms with Crippen LogP contribution in [0.2, 0.25) is 0 Å². The van der Waals surface area contributed by atoms with Gasteiger partial charge in [-0.25, -0.2) is 4.79 Å². The fourth-order valence-electron chi connectivity index (χ4n) is 2.74. The van der Waals surface area contributed by atoms with Crippen molar-refractivity contribution in [1.82, 2.24) is 10.2 Å². The Morgan fingerprint density at radius 3 is 2.38 bits per heavy atom. The van der Waals surface area contributed by atoms with Gasteiger partial charge in [-0.15, -0.1) is 0 Å². The average Bonchev–Trinajstić information content (AvgIpc) is 2.87. The first-order chi connectivity index (χ1) is 9.83. The topological polar surface area (TPSA) is 58.6 Å². The number of carbonyl (C=O) groups excluding carboxylic acids is 2. The predicted molar refractivity (Wildman–Crippen MR) is 83.1 cm³/mol. The van der Waals surface area contributed by atoms with Crippen LogP contribution in [-0.4, -0.2) is 41.6 Å².